The van der Waals surface area contributed by atoms with Crippen LogP contribution in [-0.4, -0.2) is 39.9 Å². The van der Waals surface area contributed by atoms with E-state index in [-0.39, 0.29) is 0 Å². The van der Waals surface area contributed by atoms with Gasteiger partial charge in [0.05, 0.1) is 12.3 Å². The highest BCUT2D eigenvalue weighted by Crippen LogP contribution is 2.36. The van der Waals surface area contributed by atoms with Crippen molar-refractivity contribution in [2.24, 2.45) is 5.92 Å². The Morgan fingerprint density at radius 2 is 1.79 bits per heavy atom. The molecule has 0 spiro atoms. The van der Waals surface area contributed by atoms with Crippen LogP contribution in [-0.2, 0) is 12.8 Å². The molecule has 0 amide bonds. The lowest BCUT2D eigenvalue weighted by molar-refractivity contribution is 0.213. The number of anilines is 1. The second kappa shape index (κ2) is 8.02. The van der Waals surface area contributed by atoms with E-state index < -0.39 is 0 Å². The van der Waals surface area contributed by atoms with Gasteiger partial charge in [0.2, 0.25) is 5.88 Å². The molecule has 2 aliphatic carbocycles. The maximum atomic E-state index is 6.01. The standard InChI is InChI=1S/C22H29N5O/c1-2-7-19-18(4-1)12-22(26-25-19)28-14-16-8-10-27(11-9-16)21-13-20(23-15-24-21)17-5-3-6-17/h12-13,15-17H,1-11,14H2. The fourth-order valence-corrected chi connectivity index (χ4v) is 4.53. The van der Waals surface area contributed by atoms with E-state index in [1.165, 1.54) is 43.4 Å². The number of hydrogen-bond donors (Lipinski definition) is 0. The minimum Gasteiger partial charge on any atom is -0.476 e. The third-order valence-electron chi connectivity index (χ3n) is 6.65. The van der Waals surface area contributed by atoms with Crippen molar-refractivity contribution in [2.45, 2.75) is 63.7 Å². The molecule has 1 saturated carbocycles. The SMILES string of the molecule is c1nc(C2CCC2)cc(N2CCC(COc3cc4c(nn3)CCCC4)CC2)n1. The Morgan fingerprint density at radius 3 is 2.61 bits per heavy atom. The molecule has 0 bridgehead atoms. The second-order valence-corrected chi connectivity index (χ2v) is 8.53. The lowest BCUT2D eigenvalue weighted by Gasteiger charge is -2.33. The average Bonchev–Trinajstić information content (AvgIpc) is 2.71. The maximum Gasteiger partial charge on any atom is 0.233 e. The fourth-order valence-electron chi connectivity index (χ4n) is 4.53. The normalized spacial score (nSPS) is 20.5. The van der Waals surface area contributed by atoms with Crippen LogP contribution in [0.25, 0.3) is 0 Å². The zero-order valence-corrected chi connectivity index (χ0v) is 16.5. The first-order chi connectivity index (χ1) is 13.8. The van der Waals surface area contributed by atoms with Crippen LogP contribution >= 0.6 is 0 Å². The third-order valence-corrected chi connectivity index (χ3v) is 6.65. The van der Waals surface area contributed by atoms with Gasteiger partial charge in [-0.2, -0.15) is 5.10 Å². The van der Waals surface area contributed by atoms with Gasteiger partial charge in [-0.15, -0.1) is 5.10 Å². The minimum absolute atomic E-state index is 0.571. The molecular formula is C22H29N5O. The molecule has 3 aliphatic rings. The minimum atomic E-state index is 0.571. The molecule has 2 fully saturated rings. The summed E-state index contributed by atoms with van der Waals surface area (Å²) in [5.74, 6) is 3.02. The zero-order valence-electron chi connectivity index (χ0n) is 16.5. The van der Waals surface area contributed by atoms with Gasteiger partial charge in [0, 0.05) is 36.8 Å². The van der Waals surface area contributed by atoms with Gasteiger partial charge in [-0.3, -0.25) is 0 Å². The average molecular weight is 380 g/mol. The van der Waals surface area contributed by atoms with Gasteiger partial charge in [0.15, 0.2) is 0 Å². The van der Waals surface area contributed by atoms with Crippen molar-refractivity contribution < 1.29 is 4.74 Å². The molecule has 6 heteroatoms. The van der Waals surface area contributed by atoms with Gasteiger partial charge < -0.3 is 9.64 Å². The molecule has 1 aliphatic heterocycles. The van der Waals surface area contributed by atoms with Crippen LogP contribution in [0.1, 0.15) is 67.8 Å². The van der Waals surface area contributed by atoms with E-state index in [2.05, 4.69) is 37.2 Å². The van der Waals surface area contributed by atoms with Gasteiger partial charge in [-0.25, -0.2) is 9.97 Å². The van der Waals surface area contributed by atoms with E-state index in [9.17, 15) is 0 Å². The quantitative estimate of drug-likeness (QED) is 0.789. The number of aryl methyl sites for hydroxylation is 2. The number of hydrogen-bond acceptors (Lipinski definition) is 6. The van der Waals surface area contributed by atoms with Crippen molar-refractivity contribution in [3.8, 4) is 5.88 Å². The molecule has 0 unspecified atom stereocenters. The smallest absolute Gasteiger partial charge is 0.233 e. The summed E-state index contributed by atoms with van der Waals surface area (Å²) >= 11 is 0. The highest BCUT2D eigenvalue weighted by Gasteiger charge is 2.24. The van der Waals surface area contributed by atoms with Crippen molar-refractivity contribution in [1.82, 2.24) is 20.2 Å². The Morgan fingerprint density at radius 1 is 0.929 bits per heavy atom. The zero-order chi connectivity index (χ0) is 18.8. The molecule has 2 aromatic rings. The van der Waals surface area contributed by atoms with Crippen LogP contribution in [0.3, 0.4) is 0 Å². The van der Waals surface area contributed by atoms with Crippen LogP contribution in [0.4, 0.5) is 5.82 Å². The van der Waals surface area contributed by atoms with Crippen molar-refractivity contribution in [1.29, 1.82) is 0 Å². The van der Waals surface area contributed by atoms with Crippen molar-refractivity contribution in [2.75, 3.05) is 24.6 Å². The number of aromatic nitrogens is 4. The van der Waals surface area contributed by atoms with Crippen LogP contribution in [0.5, 0.6) is 5.88 Å². The van der Waals surface area contributed by atoms with Crippen molar-refractivity contribution >= 4 is 5.82 Å². The highest BCUT2D eigenvalue weighted by molar-refractivity contribution is 5.40. The highest BCUT2D eigenvalue weighted by atomic mass is 16.5. The summed E-state index contributed by atoms with van der Waals surface area (Å²) in [6.45, 7) is 2.80. The topological polar surface area (TPSA) is 64.0 Å². The van der Waals surface area contributed by atoms with Gasteiger partial charge in [-0.05, 0) is 62.8 Å². The fraction of sp³-hybridized carbons (Fsp3) is 0.636. The summed E-state index contributed by atoms with van der Waals surface area (Å²) in [6.07, 6.45) is 12.5. The molecule has 5 rings (SSSR count). The Kier molecular flexibility index (Phi) is 5.10. The summed E-state index contributed by atoms with van der Waals surface area (Å²) in [5, 5.41) is 8.65. The first kappa shape index (κ1) is 17.8. The monoisotopic (exact) mass is 379 g/mol. The predicted octanol–water partition coefficient (Wildman–Crippen LogP) is 3.71. The second-order valence-electron chi connectivity index (χ2n) is 8.53. The maximum absolute atomic E-state index is 6.01. The molecule has 28 heavy (non-hydrogen) atoms. The summed E-state index contributed by atoms with van der Waals surface area (Å²) in [4.78, 5) is 11.4. The van der Waals surface area contributed by atoms with Crippen molar-refractivity contribution in [3.05, 3.63) is 35.4 Å². The Labute approximate surface area is 166 Å². The van der Waals surface area contributed by atoms with Gasteiger partial charge in [-0.1, -0.05) is 6.42 Å². The molecular weight excluding hydrogens is 350 g/mol. The van der Waals surface area contributed by atoms with Crippen LogP contribution in [0, 0.1) is 5.92 Å². The molecule has 3 heterocycles. The Bertz CT molecular complexity index is 814. The Hall–Kier alpha value is -2.24. The molecule has 0 N–H and O–H groups in total. The summed E-state index contributed by atoms with van der Waals surface area (Å²) in [5.41, 5.74) is 3.72. The van der Waals surface area contributed by atoms with E-state index in [0.717, 1.165) is 56.9 Å². The van der Waals surface area contributed by atoms with E-state index in [1.807, 2.05) is 0 Å². The number of nitrogens with zero attached hydrogens (tertiary/aromatic N) is 5. The van der Waals surface area contributed by atoms with Crippen molar-refractivity contribution in [3.63, 3.8) is 0 Å². The molecule has 148 valence electrons. The summed E-state index contributed by atoms with van der Waals surface area (Å²) in [7, 11) is 0. The molecule has 1 saturated heterocycles. The predicted molar refractivity (Wildman–Crippen MR) is 108 cm³/mol. The van der Waals surface area contributed by atoms with E-state index >= 15 is 0 Å². The van der Waals surface area contributed by atoms with E-state index in [4.69, 9.17) is 4.74 Å². The van der Waals surface area contributed by atoms with Gasteiger partial charge in [0.1, 0.15) is 12.1 Å². The number of rotatable bonds is 5. The van der Waals surface area contributed by atoms with Crippen LogP contribution in [0.15, 0.2) is 18.5 Å². The van der Waals surface area contributed by atoms with Gasteiger partial charge in [0.25, 0.3) is 0 Å². The lowest BCUT2D eigenvalue weighted by Crippen LogP contribution is -2.36. The first-order valence-corrected chi connectivity index (χ1v) is 10.9. The molecule has 0 atom stereocenters. The van der Waals surface area contributed by atoms with Crippen LogP contribution in [0.2, 0.25) is 0 Å². The third kappa shape index (κ3) is 3.82. The molecule has 0 radical (unpaired) electrons. The number of ether oxygens (including phenoxy) is 1. The number of piperidine rings is 1. The molecule has 0 aromatic carbocycles. The summed E-state index contributed by atoms with van der Waals surface area (Å²) < 4.78 is 6.01. The lowest BCUT2D eigenvalue weighted by atomic mass is 9.83. The Balaban J connectivity index is 1.13. The number of fused-ring (bicyclic) bond motifs is 1. The summed E-state index contributed by atoms with van der Waals surface area (Å²) in [6, 6.07) is 4.32. The first-order valence-electron chi connectivity index (χ1n) is 10.9. The molecule has 6 nitrogen and oxygen atoms in total. The largest absolute Gasteiger partial charge is 0.476 e. The van der Waals surface area contributed by atoms with Crippen LogP contribution < -0.4 is 9.64 Å². The molecule has 2 aromatic heterocycles. The van der Waals surface area contributed by atoms with Gasteiger partial charge >= 0.3 is 0 Å². The van der Waals surface area contributed by atoms with E-state index in [0.29, 0.717) is 17.7 Å². The van der Waals surface area contributed by atoms with E-state index in [1.54, 1.807) is 6.33 Å².